The molecule has 4 fully saturated rings. The zero-order valence-electron chi connectivity index (χ0n) is 28.7. The van der Waals surface area contributed by atoms with E-state index >= 15 is 0 Å². The summed E-state index contributed by atoms with van der Waals surface area (Å²) >= 11 is 0. The van der Waals surface area contributed by atoms with E-state index in [1.165, 1.54) is 33.8 Å². The normalized spacial score (nSPS) is 37.6. The number of benzene rings is 1. The van der Waals surface area contributed by atoms with Gasteiger partial charge in [0.05, 0.1) is 10.8 Å². The molecule has 0 radical (unpaired) electrons. The van der Waals surface area contributed by atoms with Crippen molar-refractivity contribution in [2.24, 2.45) is 33.5 Å². The Labute approximate surface area is 280 Å². The second-order valence-electron chi connectivity index (χ2n) is 14.3. The maximum absolute atomic E-state index is 14.1. The minimum atomic E-state index is -1.59. The van der Waals surface area contributed by atoms with Crippen LogP contribution >= 0.6 is 0 Å². The maximum atomic E-state index is 14.1. The number of Topliss-reactive ketones (excluding diaryl/α,β-unsaturated/α-hetero) is 1. The number of esters is 5. The van der Waals surface area contributed by atoms with Gasteiger partial charge in [0.2, 0.25) is 0 Å². The van der Waals surface area contributed by atoms with Gasteiger partial charge in [-0.05, 0) is 22.6 Å². The van der Waals surface area contributed by atoms with Crippen molar-refractivity contribution in [1.82, 2.24) is 0 Å². The molecule has 4 aliphatic rings. The van der Waals surface area contributed by atoms with Crippen molar-refractivity contribution in [3.63, 3.8) is 0 Å². The van der Waals surface area contributed by atoms with Gasteiger partial charge < -0.3 is 23.7 Å². The summed E-state index contributed by atoms with van der Waals surface area (Å²) in [5, 5.41) is 0. The van der Waals surface area contributed by atoms with E-state index in [9.17, 15) is 28.8 Å². The monoisotopic (exact) mass is 664 g/mol. The van der Waals surface area contributed by atoms with Crippen LogP contribution in [0.1, 0.15) is 73.8 Å². The second kappa shape index (κ2) is 12.0. The van der Waals surface area contributed by atoms with Crippen LogP contribution in [-0.2, 0) is 52.5 Å². The van der Waals surface area contributed by atoms with Gasteiger partial charge in [0, 0.05) is 63.9 Å². The molecule has 0 aromatic heterocycles. The lowest BCUT2D eigenvalue weighted by atomic mass is 9.42. The zero-order valence-corrected chi connectivity index (χ0v) is 28.7. The molecule has 1 aromatic rings. The smallest absolute Gasteiger partial charge is 0.331 e. The third kappa shape index (κ3) is 4.67. The van der Waals surface area contributed by atoms with Crippen LogP contribution in [0, 0.1) is 33.5 Å². The van der Waals surface area contributed by atoms with Gasteiger partial charge in [-0.15, -0.1) is 0 Å². The highest BCUT2D eigenvalue weighted by Crippen LogP contribution is 2.87. The first-order chi connectivity index (χ1) is 22.4. The number of hydrogen-bond donors (Lipinski definition) is 0. The molecule has 0 saturated heterocycles. The maximum Gasteiger partial charge on any atom is 0.331 e. The summed E-state index contributed by atoms with van der Waals surface area (Å²) in [5.41, 5.74) is -4.42. The molecule has 5 rings (SSSR count). The van der Waals surface area contributed by atoms with Crippen LogP contribution in [0.25, 0.3) is 6.08 Å². The first-order valence-corrected chi connectivity index (χ1v) is 16.2. The standard InChI is InChI=1S/C37H44O11/c1-19-27(42)17-26-31(45-22(4)39)37-20(2)28(48-30(43)16-15-25-13-11-10-12-14-25)18-29(44-21(3)38)35(37,9)32(46-23(5)40)33(47-24(6)41)36(19,37)34(26,7)8/h10-16,19,26,28-29,31-33H,2,17-18H2,1,3-9H3/b16-15+/t19-,26+,28+,29+,31-,32+,33+,35+,36-,37-/m1/s1. The van der Waals surface area contributed by atoms with Gasteiger partial charge in [-0.1, -0.05) is 64.6 Å². The van der Waals surface area contributed by atoms with Crippen molar-refractivity contribution in [3.05, 3.63) is 54.1 Å². The molecule has 10 atom stereocenters. The Bertz CT molecular complexity index is 1590. The molecule has 2 bridgehead atoms. The fraction of sp³-hybridized carbons (Fsp3) is 0.568. The van der Waals surface area contributed by atoms with Crippen LogP contribution in [0.2, 0.25) is 0 Å². The third-order valence-electron chi connectivity index (χ3n) is 11.8. The molecule has 258 valence electrons. The molecule has 11 heteroatoms. The third-order valence-corrected chi connectivity index (χ3v) is 11.8. The molecule has 0 heterocycles. The SMILES string of the molecule is C=C1[C@@H](OC(=O)/C=C/c2ccccc2)C[C@H](OC(C)=O)[C@@]2(C)[C@@H](OC(C)=O)[C@H](OC(C)=O)[C@@]34[C@H](C)C(=O)C[C@@H]([C@@H](OC(C)=O)[C@]123)C4(C)C. The fourth-order valence-electron chi connectivity index (χ4n) is 10.5. The predicted molar refractivity (Wildman–Crippen MR) is 170 cm³/mol. The van der Waals surface area contributed by atoms with Crippen LogP contribution in [-0.4, -0.2) is 66.1 Å². The number of hydrogen-bond acceptors (Lipinski definition) is 11. The fourth-order valence-corrected chi connectivity index (χ4v) is 10.5. The van der Waals surface area contributed by atoms with E-state index in [1.807, 2.05) is 44.2 Å². The summed E-state index contributed by atoms with van der Waals surface area (Å²) in [7, 11) is 0. The van der Waals surface area contributed by atoms with E-state index in [0.717, 1.165) is 5.56 Å². The van der Waals surface area contributed by atoms with Crippen molar-refractivity contribution < 1.29 is 52.5 Å². The Morgan fingerprint density at radius 1 is 0.792 bits per heavy atom. The van der Waals surface area contributed by atoms with Gasteiger partial charge in [-0.3, -0.25) is 24.0 Å². The van der Waals surface area contributed by atoms with E-state index in [2.05, 4.69) is 6.58 Å². The molecule has 0 aliphatic heterocycles. The van der Waals surface area contributed by atoms with E-state index in [1.54, 1.807) is 19.9 Å². The van der Waals surface area contributed by atoms with Gasteiger partial charge in [-0.2, -0.15) is 0 Å². The summed E-state index contributed by atoms with van der Waals surface area (Å²) in [4.78, 5) is 79.2. The van der Waals surface area contributed by atoms with E-state index in [-0.39, 0.29) is 18.6 Å². The van der Waals surface area contributed by atoms with Crippen molar-refractivity contribution in [1.29, 1.82) is 0 Å². The summed E-state index contributed by atoms with van der Waals surface area (Å²) in [6, 6.07) is 9.14. The predicted octanol–water partition coefficient (Wildman–Crippen LogP) is 4.56. The summed E-state index contributed by atoms with van der Waals surface area (Å²) in [6.45, 7) is 16.8. The summed E-state index contributed by atoms with van der Waals surface area (Å²) in [6.07, 6.45) is -3.12. The van der Waals surface area contributed by atoms with Crippen molar-refractivity contribution in [2.75, 3.05) is 0 Å². The molecule has 48 heavy (non-hydrogen) atoms. The largest absolute Gasteiger partial charge is 0.462 e. The first-order valence-electron chi connectivity index (χ1n) is 16.2. The topological polar surface area (TPSA) is 149 Å². The van der Waals surface area contributed by atoms with Crippen LogP contribution in [0.4, 0.5) is 0 Å². The Morgan fingerprint density at radius 2 is 1.33 bits per heavy atom. The van der Waals surface area contributed by atoms with Crippen LogP contribution in [0.5, 0.6) is 0 Å². The molecule has 0 N–H and O–H groups in total. The summed E-state index contributed by atoms with van der Waals surface area (Å²) in [5.74, 6) is -5.07. The van der Waals surface area contributed by atoms with Crippen LogP contribution in [0.3, 0.4) is 0 Å². The Morgan fingerprint density at radius 3 is 1.90 bits per heavy atom. The number of rotatable bonds is 7. The van der Waals surface area contributed by atoms with Gasteiger partial charge in [0.15, 0.2) is 0 Å². The highest BCUT2D eigenvalue weighted by molar-refractivity contribution is 5.88. The Hall–Kier alpha value is -4.28. The molecule has 0 unspecified atom stereocenters. The second-order valence-corrected chi connectivity index (χ2v) is 14.3. The number of ether oxygens (including phenoxy) is 5. The molecule has 4 aliphatic carbocycles. The number of fused-ring (bicyclic) bond motifs is 1. The van der Waals surface area contributed by atoms with Crippen molar-refractivity contribution in [3.8, 4) is 0 Å². The van der Waals surface area contributed by atoms with Crippen molar-refractivity contribution in [2.45, 2.75) is 98.8 Å². The zero-order chi connectivity index (χ0) is 35.6. The van der Waals surface area contributed by atoms with Crippen LogP contribution in [0.15, 0.2) is 48.6 Å². The van der Waals surface area contributed by atoms with E-state index in [0.29, 0.717) is 5.57 Å². The molecule has 2 spiro atoms. The molecule has 11 nitrogen and oxygen atoms in total. The average Bonchev–Trinajstić information content (AvgIpc) is 3.23. The molecule has 4 saturated carbocycles. The lowest BCUT2D eigenvalue weighted by Crippen LogP contribution is -2.67. The highest BCUT2D eigenvalue weighted by Gasteiger charge is 2.94. The minimum Gasteiger partial charge on any atom is -0.462 e. The molecule has 0 amide bonds. The molecular weight excluding hydrogens is 620 g/mol. The number of carbonyl (C=O) groups is 6. The quantitative estimate of drug-likeness (QED) is 0.175. The lowest BCUT2D eigenvalue weighted by Gasteiger charge is -2.61. The molecule has 1 aromatic carbocycles. The van der Waals surface area contributed by atoms with Gasteiger partial charge in [0.25, 0.3) is 0 Å². The van der Waals surface area contributed by atoms with Crippen LogP contribution < -0.4 is 0 Å². The van der Waals surface area contributed by atoms with Crippen molar-refractivity contribution >= 4 is 41.7 Å². The van der Waals surface area contributed by atoms with Gasteiger partial charge in [0.1, 0.15) is 36.3 Å². The minimum absolute atomic E-state index is 0.0342. The highest BCUT2D eigenvalue weighted by atomic mass is 16.6. The number of carbonyl (C=O) groups excluding carboxylic acids is 6. The lowest BCUT2D eigenvalue weighted by molar-refractivity contribution is -0.216. The van der Waals surface area contributed by atoms with Gasteiger partial charge >= 0.3 is 29.8 Å². The number of ketones is 1. The van der Waals surface area contributed by atoms with Gasteiger partial charge in [-0.25, -0.2) is 4.79 Å². The average molecular weight is 665 g/mol. The first kappa shape index (κ1) is 35.0. The summed E-state index contributed by atoms with van der Waals surface area (Å²) < 4.78 is 30.7. The Balaban J connectivity index is 1.83. The van der Waals surface area contributed by atoms with E-state index in [4.69, 9.17) is 23.7 Å². The van der Waals surface area contributed by atoms with E-state index < -0.39 is 93.9 Å². The Kier molecular flexibility index (Phi) is 8.76. The molecular formula is C37H44O11.